The first-order valence-corrected chi connectivity index (χ1v) is 8.06. The molecule has 0 saturated carbocycles. The van der Waals surface area contributed by atoms with E-state index in [0.717, 1.165) is 19.4 Å². The monoisotopic (exact) mass is 293 g/mol. The van der Waals surface area contributed by atoms with Gasteiger partial charge in [-0.1, -0.05) is 6.07 Å². The summed E-state index contributed by atoms with van der Waals surface area (Å²) in [6.45, 7) is 1.27. The maximum absolute atomic E-state index is 12.7. The smallest absolute Gasteiger partial charge is 0.243 e. The zero-order valence-corrected chi connectivity index (χ0v) is 12.6. The first-order chi connectivity index (χ1) is 9.45. The van der Waals surface area contributed by atoms with Crippen LogP contribution in [0.25, 0.3) is 0 Å². The van der Waals surface area contributed by atoms with E-state index in [1.807, 2.05) is 25.1 Å². The highest BCUT2D eigenvalue weighted by molar-refractivity contribution is 7.89. The summed E-state index contributed by atoms with van der Waals surface area (Å²) in [4.78, 5) is 2.21. The van der Waals surface area contributed by atoms with E-state index in [4.69, 9.17) is 5.26 Å². The summed E-state index contributed by atoms with van der Waals surface area (Å²) in [5, 5.41) is 8.90. The Hall–Kier alpha value is -1.42. The maximum atomic E-state index is 12.7. The van der Waals surface area contributed by atoms with Crippen LogP contribution in [0, 0.1) is 11.3 Å². The highest BCUT2D eigenvalue weighted by atomic mass is 32.2. The van der Waals surface area contributed by atoms with Gasteiger partial charge in [0.05, 0.1) is 16.5 Å². The van der Waals surface area contributed by atoms with Gasteiger partial charge < -0.3 is 4.90 Å². The number of hydrogen-bond acceptors (Lipinski definition) is 4. The van der Waals surface area contributed by atoms with Crippen molar-refractivity contribution in [3.8, 4) is 6.07 Å². The Morgan fingerprint density at radius 3 is 2.85 bits per heavy atom. The van der Waals surface area contributed by atoms with Crippen molar-refractivity contribution in [2.45, 2.75) is 23.8 Å². The van der Waals surface area contributed by atoms with Gasteiger partial charge in [-0.25, -0.2) is 8.42 Å². The van der Waals surface area contributed by atoms with Gasteiger partial charge in [-0.05, 0) is 45.1 Å². The molecule has 1 aliphatic heterocycles. The second-order valence-corrected chi connectivity index (χ2v) is 7.20. The van der Waals surface area contributed by atoms with Gasteiger partial charge in [0.25, 0.3) is 0 Å². The molecule has 20 heavy (non-hydrogen) atoms. The molecule has 1 fully saturated rings. The molecule has 0 aromatic heterocycles. The van der Waals surface area contributed by atoms with E-state index in [9.17, 15) is 8.42 Å². The van der Waals surface area contributed by atoms with Gasteiger partial charge >= 0.3 is 0 Å². The predicted molar refractivity (Wildman–Crippen MR) is 76.6 cm³/mol. The molecule has 1 unspecified atom stereocenters. The average Bonchev–Trinajstić information content (AvgIpc) is 2.86. The summed E-state index contributed by atoms with van der Waals surface area (Å²) in [7, 11) is 0.377. The van der Waals surface area contributed by atoms with Crippen LogP contribution in [0.4, 0.5) is 0 Å². The molecule has 1 heterocycles. The third-order valence-electron chi connectivity index (χ3n) is 3.47. The molecule has 0 amide bonds. The lowest BCUT2D eigenvalue weighted by molar-refractivity contribution is 0.291. The van der Waals surface area contributed by atoms with Crippen molar-refractivity contribution in [3.63, 3.8) is 0 Å². The van der Waals surface area contributed by atoms with Crippen molar-refractivity contribution in [3.05, 3.63) is 29.8 Å². The van der Waals surface area contributed by atoms with Crippen LogP contribution in [-0.2, 0) is 10.0 Å². The highest BCUT2D eigenvalue weighted by Gasteiger charge is 2.35. The van der Waals surface area contributed by atoms with Gasteiger partial charge in [-0.15, -0.1) is 0 Å². The number of benzene rings is 1. The molecule has 0 spiro atoms. The van der Waals surface area contributed by atoms with Crippen molar-refractivity contribution in [2.24, 2.45) is 0 Å². The zero-order chi connectivity index (χ0) is 14.8. The molecule has 0 aliphatic carbocycles. The second-order valence-electron chi connectivity index (χ2n) is 5.31. The number of likely N-dealkylation sites (N-methyl/N-ethyl adjacent to an activating group) is 1. The summed E-state index contributed by atoms with van der Waals surface area (Å²) < 4.78 is 27.0. The molecule has 5 nitrogen and oxygen atoms in total. The van der Waals surface area contributed by atoms with Crippen LogP contribution in [0.15, 0.2) is 29.2 Å². The fourth-order valence-electron chi connectivity index (χ4n) is 2.59. The molecule has 0 radical (unpaired) electrons. The Morgan fingerprint density at radius 2 is 2.20 bits per heavy atom. The predicted octanol–water partition coefficient (Wildman–Crippen LogP) is 1.27. The lowest BCUT2D eigenvalue weighted by Crippen LogP contribution is -2.41. The van der Waals surface area contributed by atoms with Crippen LogP contribution in [0.1, 0.15) is 18.4 Å². The van der Waals surface area contributed by atoms with Gasteiger partial charge in [0.15, 0.2) is 0 Å². The third kappa shape index (κ3) is 3.01. The van der Waals surface area contributed by atoms with Crippen LogP contribution in [-0.4, -0.2) is 50.8 Å². The molecule has 6 heteroatoms. The molecule has 1 aromatic carbocycles. The first kappa shape index (κ1) is 15.0. The normalized spacial score (nSPS) is 20.2. The Morgan fingerprint density at radius 1 is 1.45 bits per heavy atom. The number of nitrogens with zero attached hydrogens (tertiary/aromatic N) is 3. The molecular formula is C14H19N3O2S. The van der Waals surface area contributed by atoms with E-state index in [1.165, 1.54) is 6.07 Å². The Labute approximate surface area is 120 Å². The van der Waals surface area contributed by atoms with Gasteiger partial charge in [0, 0.05) is 19.1 Å². The van der Waals surface area contributed by atoms with Gasteiger partial charge in [0.1, 0.15) is 0 Å². The number of nitriles is 1. The second kappa shape index (κ2) is 5.92. The van der Waals surface area contributed by atoms with E-state index in [-0.39, 0.29) is 10.9 Å². The van der Waals surface area contributed by atoms with E-state index < -0.39 is 10.0 Å². The van der Waals surface area contributed by atoms with Crippen LogP contribution in [0.2, 0.25) is 0 Å². The summed E-state index contributed by atoms with van der Waals surface area (Å²) in [6.07, 6.45) is 1.77. The van der Waals surface area contributed by atoms with Crippen molar-refractivity contribution >= 4 is 10.0 Å². The van der Waals surface area contributed by atoms with Gasteiger partial charge in [-0.3, -0.25) is 0 Å². The van der Waals surface area contributed by atoms with Crippen LogP contribution < -0.4 is 0 Å². The largest absolute Gasteiger partial charge is 0.308 e. The van der Waals surface area contributed by atoms with E-state index in [2.05, 4.69) is 0 Å². The quantitative estimate of drug-likeness (QED) is 0.838. The van der Waals surface area contributed by atoms with Crippen LogP contribution >= 0.6 is 0 Å². The maximum Gasteiger partial charge on any atom is 0.243 e. The number of sulfonamides is 1. The Balaban J connectivity index is 2.31. The first-order valence-electron chi connectivity index (χ1n) is 6.62. The molecule has 0 N–H and O–H groups in total. The van der Waals surface area contributed by atoms with Crippen molar-refractivity contribution < 1.29 is 8.42 Å². The van der Waals surface area contributed by atoms with E-state index in [1.54, 1.807) is 22.5 Å². The molecule has 1 aromatic rings. The number of rotatable bonds is 4. The Kier molecular flexibility index (Phi) is 4.43. The number of hydrogen-bond donors (Lipinski definition) is 0. The SMILES string of the molecule is CN(C)CC1CCCN1S(=O)(=O)c1cccc(C#N)c1. The minimum absolute atomic E-state index is 0.0146. The van der Waals surface area contributed by atoms with Crippen molar-refractivity contribution in [1.29, 1.82) is 5.26 Å². The summed E-state index contributed by atoms with van der Waals surface area (Å²) in [5.74, 6) is 0. The lowest BCUT2D eigenvalue weighted by atomic mass is 10.2. The van der Waals surface area contributed by atoms with Crippen molar-refractivity contribution in [1.82, 2.24) is 9.21 Å². The van der Waals surface area contributed by atoms with Crippen molar-refractivity contribution in [2.75, 3.05) is 27.2 Å². The van der Waals surface area contributed by atoms with Gasteiger partial charge in [-0.2, -0.15) is 9.57 Å². The average molecular weight is 293 g/mol. The topological polar surface area (TPSA) is 64.4 Å². The zero-order valence-electron chi connectivity index (χ0n) is 11.8. The van der Waals surface area contributed by atoms with Crippen LogP contribution in [0.3, 0.4) is 0 Å². The minimum atomic E-state index is -3.51. The van der Waals surface area contributed by atoms with E-state index >= 15 is 0 Å². The minimum Gasteiger partial charge on any atom is -0.308 e. The summed E-state index contributed by atoms with van der Waals surface area (Å²) in [5.41, 5.74) is 0.370. The molecule has 1 saturated heterocycles. The highest BCUT2D eigenvalue weighted by Crippen LogP contribution is 2.26. The fraction of sp³-hybridized carbons (Fsp3) is 0.500. The summed E-state index contributed by atoms with van der Waals surface area (Å²) in [6, 6.07) is 8.22. The van der Waals surface area contributed by atoms with Crippen LogP contribution in [0.5, 0.6) is 0 Å². The molecule has 1 aliphatic rings. The fourth-order valence-corrected chi connectivity index (χ4v) is 4.32. The molecule has 1 atom stereocenters. The lowest BCUT2D eigenvalue weighted by Gasteiger charge is -2.26. The van der Waals surface area contributed by atoms with E-state index in [0.29, 0.717) is 12.1 Å². The molecule has 2 rings (SSSR count). The molecule has 0 bridgehead atoms. The summed E-state index contributed by atoms with van der Waals surface area (Å²) >= 11 is 0. The molecular weight excluding hydrogens is 274 g/mol. The standard InChI is InChI=1S/C14H19N3O2S/c1-16(2)11-13-6-4-8-17(13)20(18,19)14-7-3-5-12(9-14)10-15/h3,5,7,9,13H,4,6,8,11H2,1-2H3. The molecule has 108 valence electrons. The van der Waals surface area contributed by atoms with Gasteiger partial charge in [0.2, 0.25) is 10.0 Å². The Bertz CT molecular complexity index is 620. The third-order valence-corrected chi connectivity index (χ3v) is 5.42.